The van der Waals surface area contributed by atoms with Crippen LogP contribution in [0.4, 0.5) is 0 Å². The van der Waals surface area contributed by atoms with Gasteiger partial charge in [0, 0.05) is 31.7 Å². The van der Waals surface area contributed by atoms with Crippen molar-refractivity contribution in [3.05, 3.63) is 0 Å². The Hall–Kier alpha value is -1.53. The molecule has 1 aliphatic carbocycles. The molecule has 6 aliphatic rings. The molecule has 0 radical (unpaired) electrons. The van der Waals surface area contributed by atoms with Gasteiger partial charge in [0.15, 0.2) is 17.6 Å². The Kier molecular flexibility index (Phi) is 6.29. The quantitative estimate of drug-likeness (QED) is 0.384. The molecular weight excluding hydrogens is 434 g/mol. The highest BCUT2D eigenvalue weighted by Gasteiger charge is 2.69. The summed E-state index contributed by atoms with van der Waals surface area (Å²) in [6.45, 7) is 9.46. The van der Waals surface area contributed by atoms with E-state index in [9.17, 15) is 4.79 Å². The standard InChI is InChI=1S/C26H39N3O5/c1-6-15-29(22(30)12-13-24(4)27-28-24)16-7-8-21-18(3)20-10-9-17(2)19-11-14-25(5)32-23(31-21)26(19,20)34-33-25/h1,17-21,23H,7-16H2,2-5H3/t17-,18-,19+,20+,21-,23-,25+,26-/m1/s1. The van der Waals surface area contributed by atoms with E-state index >= 15 is 0 Å². The van der Waals surface area contributed by atoms with Crippen LogP contribution in [0.15, 0.2) is 10.2 Å². The van der Waals surface area contributed by atoms with Crippen LogP contribution in [0.1, 0.15) is 79.1 Å². The first-order valence-corrected chi connectivity index (χ1v) is 13.1. The van der Waals surface area contributed by atoms with Crippen molar-refractivity contribution in [1.82, 2.24) is 4.90 Å². The lowest BCUT2D eigenvalue weighted by Gasteiger charge is -2.60. The van der Waals surface area contributed by atoms with Gasteiger partial charge in [-0.05, 0) is 63.7 Å². The van der Waals surface area contributed by atoms with E-state index in [2.05, 4.69) is 30.0 Å². The molecule has 0 aromatic heterocycles. The van der Waals surface area contributed by atoms with Crippen molar-refractivity contribution in [3.8, 4) is 12.3 Å². The maximum atomic E-state index is 12.7. The van der Waals surface area contributed by atoms with E-state index in [-0.39, 0.29) is 17.7 Å². The molecule has 1 amide bonds. The van der Waals surface area contributed by atoms with Gasteiger partial charge in [-0.1, -0.05) is 19.8 Å². The lowest BCUT2D eigenvalue weighted by atomic mass is 9.57. The Morgan fingerprint density at radius 3 is 2.68 bits per heavy atom. The van der Waals surface area contributed by atoms with Gasteiger partial charge in [-0.15, -0.1) is 6.42 Å². The van der Waals surface area contributed by atoms with E-state index in [0.717, 1.165) is 32.1 Å². The van der Waals surface area contributed by atoms with E-state index in [1.54, 1.807) is 4.90 Å². The first-order chi connectivity index (χ1) is 16.2. The van der Waals surface area contributed by atoms with Crippen LogP contribution in [-0.2, 0) is 24.0 Å². The van der Waals surface area contributed by atoms with Crippen molar-refractivity contribution in [2.45, 2.75) is 109 Å². The zero-order chi connectivity index (χ0) is 24.1. The summed E-state index contributed by atoms with van der Waals surface area (Å²) >= 11 is 0. The summed E-state index contributed by atoms with van der Waals surface area (Å²) in [4.78, 5) is 26.7. The Morgan fingerprint density at radius 2 is 1.94 bits per heavy atom. The molecule has 5 fully saturated rings. The minimum absolute atomic E-state index is 0.0481. The van der Waals surface area contributed by atoms with Crippen LogP contribution in [0.3, 0.4) is 0 Å². The van der Waals surface area contributed by atoms with Crippen molar-refractivity contribution < 1.29 is 24.0 Å². The minimum Gasteiger partial charge on any atom is -0.346 e. The molecule has 4 saturated heterocycles. The first-order valence-electron chi connectivity index (χ1n) is 13.1. The normalized spacial score (nSPS) is 43.5. The predicted molar refractivity (Wildman–Crippen MR) is 124 cm³/mol. The summed E-state index contributed by atoms with van der Waals surface area (Å²) in [5, 5.41) is 8.00. The fourth-order valence-electron chi connectivity index (χ4n) is 6.88. The van der Waals surface area contributed by atoms with Gasteiger partial charge < -0.3 is 14.4 Å². The predicted octanol–water partition coefficient (Wildman–Crippen LogP) is 4.44. The van der Waals surface area contributed by atoms with E-state index < -0.39 is 17.7 Å². The van der Waals surface area contributed by atoms with Crippen molar-refractivity contribution in [3.63, 3.8) is 0 Å². The second-order valence-corrected chi connectivity index (χ2v) is 11.5. The fraction of sp³-hybridized carbons (Fsp3) is 0.885. The number of amides is 1. The molecule has 8 heteroatoms. The van der Waals surface area contributed by atoms with Crippen LogP contribution in [-0.4, -0.2) is 53.3 Å². The molecule has 0 aromatic rings. The summed E-state index contributed by atoms with van der Waals surface area (Å²) in [5.74, 6) is 3.52. The van der Waals surface area contributed by atoms with Crippen molar-refractivity contribution in [1.29, 1.82) is 0 Å². The van der Waals surface area contributed by atoms with Crippen molar-refractivity contribution >= 4 is 5.91 Å². The lowest BCUT2D eigenvalue weighted by molar-refractivity contribution is -0.571. The molecule has 8 nitrogen and oxygen atoms in total. The van der Waals surface area contributed by atoms with Crippen LogP contribution in [0, 0.1) is 36.0 Å². The molecule has 0 unspecified atom stereocenters. The van der Waals surface area contributed by atoms with Gasteiger partial charge in [0.2, 0.25) is 11.7 Å². The molecule has 8 atom stereocenters. The molecule has 1 spiro atoms. The van der Waals surface area contributed by atoms with Crippen LogP contribution >= 0.6 is 0 Å². The topological polar surface area (TPSA) is 82.0 Å². The molecule has 2 bridgehead atoms. The summed E-state index contributed by atoms with van der Waals surface area (Å²) in [5.41, 5.74) is -0.890. The third kappa shape index (κ3) is 4.19. The van der Waals surface area contributed by atoms with Gasteiger partial charge in [-0.2, -0.15) is 10.2 Å². The molecule has 6 rings (SSSR count). The van der Waals surface area contributed by atoms with E-state index in [0.29, 0.717) is 49.6 Å². The SMILES string of the molecule is C#CCN(CCC[C@H]1O[C@@H]2O[C@]3(C)CC[C@H]4[C@H](C)CC[C@@H]([C@H]1C)[C@@]24OO3)C(=O)CCC1(C)N=N1. The van der Waals surface area contributed by atoms with Crippen LogP contribution < -0.4 is 0 Å². The van der Waals surface area contributed by atoms with Crippen LogP contribution in [0.5, 0.6) is 0 Å². The van der Waals surface area contributed by atoms with E-state index in [1.165, 1.54) is 6.42 Å². The highest BCUT2D eigenvalue weighted by Crippen LogP contribution is 2.60. The average molecular weight is 474 g/mol. The van der Waals surface area contributed by atoms with Gasteiger partial charge in [0.05, 0.1) is 12.6 Å². The monoisotopic (exact) mass is 473 g/mol. The zero-order valence-corrected chi connectivity index (χ0v) is 21.0. The maximum absolute atomic E-state index is 12.7. The Balaban J connectivity index is 1.23. The second kappa shape index (κ2) is 8.85. The maximum Gasteiger partial charge on any atom is 0.223 e. The number of ether oxygens (including phenoxy) is 2. The summed E-state index contributed by atoms with van der Waals surface area (Å²) < 4.78 is 13.1. The van der Waals surface area contributed by atoms with Crippen LogP contribution in [0.2, 0.25) is 0 Å². The van der Waals surface area contributed by atoms with E-state index in [4.69, 9.17) is 25.7 Å². The van der Waals surface area contributed by atoms with E-state index in [1.807, 2.05) is 13.8 Å². The first kappa shape index (κ1) is 24.2. The third-order valence-electron chi connectivity index (χ3n) is 9.10. The second-order valence-electron chi connectivity index (χ2n) is 11.5. The zero-order valence-electron chi connectivity index (χ0n) is 21.0. The van der Waals surface area contributed by atoms with Gasteiger partial charge in [-0.25, -0.2) is 9.78 Å². The number of nitrogens with zero attached hydrogens (tertiary/aromatic N) is 3. The number of hydrogen-bond donors (Lipinski definition) is 0. The summed E-state index contributed by atoms with van der Waals surface area (Å²) in [6, 6.07) is 0. The number of carbonyl (C=O) groups is 1. The largest absolute Gasteiger partial charge is 0.346 e. The van der Waals surface area contributed by atoms with Gasteiger partial charge >= 0.3 is 0 Å². The molecule has 34 heavy (non-hydrogen) atoms. The minimum atomic E-state index is -0.755. The van der Waals surface area contributed by atoms with Crippen molar-refractivity contribution in [2.75, 3.05) is 13.1 Å². The number of rotatable bonds is 8. The van der Waals surface area contributed by atoms with Crippen molar-refractivity contribution in [2.24, 2.45) is 33.9 Å². The number of terminal acetylenes is 1. The summed E-state index contributed by atoms with van der Waals surface area (Å²) in [7, 11) is 0. The molecule has 1 saturated carbocycles. The smallest absolute Gasteiger partial charge is 0.223 e. The molecule has 5 aliphatic heterocycles. The molecule has 5 heterocycles. The average Bonchev–Trinajstić information content (AvgIpc) is 3.58. The Bertz CT molecular complexity index is 867. The Labute approximate surface area is 203 Å². The fourth-order valence-corrected chi connectivity index (χ4v) is 6.88. The van der Waals surface area contributed by atoms with Gasteiger partial charge in [-0.3, -0.25) is 4.79 Å². The van der Waals surface area contributed by atoms with Gasteiger partial charge in [0.25, 0.3) is 0 Å². The molecular formula is C26H39N3O5. The lowest BCUT2D eigenvalue weighted by Crippen LogP contribution is -2.70. The molecule has 0 N–H and O–H groups in total. The number of carbonyl (C=O) groups excluding carboxylic acids is 1. The summed E-state index contributed by atoms with van der Waals surface area (Å²) in [6.07, 6.45) is 12.1. The van der Waals surface area contributed by atoms with Gasteiger partial charge in [0.1, 0.15) is 0 Å². The van der Waals surface area contributed by atoms with Crippen LogP contribution in [0.25, 0.3) is 0 Å². The number of fused-ring (bicyclic) bond motifs is 2. The highest BCUT2D eigenvalue weighted by molar-refractivity contribution is 5.76. The third-order valence-corrected chi connectivity index (χ3v) is 9.10. The Morgan fingerprint density at radius 1 is 1.15 bits per heavy atom. The molecule has 0 aromatic carbocycles. The molecule has 188 valence electrons. The highest BCUT2D eigenvalue weighted by atomic mass is 17.3. The number of hydrogen-bond acceptors (Lipinski definition) is 7.